The van der Waals surface area contributed by atoms with Crippen molar-refractivity contribution in [2.24, 2.45) is 0 Å². The summed E-state index contributed by atoms with van der Waals surface area (Å²) in [5.74, 6) is 4.12. The topological polar surface area (TPSA) is 66.0 Å². The Morgan fingerprint density at radius 1 is 1.18 bits per heavy atom. The molecule has 17 heavy (non-hydrogen) atoms. The molecule has 0 aliphatic rings. The Bertz CT molecular complexity index is 395. The van der Waals surface area contributed by atoms with Crippen LogP contribution in [0.4, 0.5) is 17.8 Å². The summed E-state index contributed by atoms with van der Waals surface area (Å²) in [5.41, 5.74) is 0. The molecule has 2 N–H and O–H groups in total. The molecule has 6 heteroatoms. The predicted molar refractivity (Wildman–Crippen MR) is 70.3 cm³/mol. The van der Waals surface area contributed by atoms with Gasteiger partial charge < -0.3 is 15.5 Å². The summed E-state index contributed by atoms with van der Waals surface area (Å²) in [6, 6.07) is 0. The van der Waals surface area contributed by atoms with Crippen molar-refractivity contribution in [2.45, 2.75) is 13.3 Å². The van der Waals surface area contributed by atoms with E-state index in [2.05, 4.69) is 38.4 Å². The maximum atomic E-state index is 5.18. The lowest BCUT2D eigenvalue weighted by molar-refractivity contribution is 0.916. The first-order valence-electron chi connectivity index (χ1n) is 5.52. The first kappa shape index (κ1) is 13.0. The minimum absolute atomic E-state index is 0.393. The Morgan fingerprint density at radius 3 is 2.35 bits per heavy atom. The average Bonchev–Trinajstić information content (AvgIpc) is 2.33. The Labute approximate surface area is 102 Å². The van der Waals surface area contributed by atoms with Crippen LogP contribution in [0.1, 0.15) is 13.3 Å². The quantitative estimate of drug-likeness (QED) is 0.710. The van der Waals surface area contributed by atoms with Crippen molar-refractivity contribution in [1.82, 2.24) is 15.0 Å². The van der Waals surface area contributed by atoms with E-state index >= 15 is 0 Å². The van der Waals surface area contributed by atoms with E-state index in [1.807, 2.05) is 19.0 Å². The monoisotopic (exact) mass is 234 g/mol. The van der Waals surface area contributed by atoms with Crippen LogP contribution >= 0.6 is 0 Å². The van der Waals surface area contributed by atoms with Gasteiger partial charge in [0.2, 0.25) is 17.8 Å². The van der Waals surface area contributed by atoms with Crippen LogP contribution in [0.15, 0.2) is 0 Å². The molecule has 0 unspecified atom stereocenters. The van der Waals surface area contributed by atoms with Crippen LogP contribution in [0.3, 0.4) is 0 Å². The minimum Gasteiger partial charge on any atom is -0.354 e. The van der Waals surface area contributed by atoms with Crippen molar-refractivity contribution in [3.63, 3.8) is 0 Å². The highest BCUT2D eigenvalue weighted by Gasteiger charge is 2.06. The van der Waals surface area contributed by atoms with Crippen LogP contribution in [0.5, 0.6) is 0 Å². The molecule has 6 nitrogen and oxygen atoms in total. The normalized spacial score (nSPS) is 9.53. The lowest BCUT2D eigenvalue weighted by atomic mass is 10.5. The van der Waals surface area contributed by atoms with Gasteiger partial charge in [0.1, 0.15) is 0 Å². The molecule has 0 aliphatic heterocycles. The van der Waals surface area contributed by atoms with Gasteiger partial charge in [-0.15, -0.1) is 6.42 Å². The number of terminal acetylenes is 1. The van der Waals surface area contributed by atoms with Crippen LogP contribution in [-0.2, 0) is 0 Å². The average molecular weight is 234 g/mol. The fraction of sp³-hybridized carbons (Fsp3) is 0.545. The molecule has 0 bridgehead atoms. The summed E-state index contributed by atoms with van der Waals surface area (Å²) in [7, 11) is 3.76. The molecule has 0 atom stereocenters. The molecule has 1 heterocycles. The number of anilines is 3. The highest BCUT2D eigenvalue weighted by Crippen LogP contribution is 2.10. The van der Waals surface area contributed by atoms with Gasteiger partial charge in [0, 0.05) is 20.6 Å². The molecular formula is C11H18N6. The van der Waals surface area contributed by atoms with Gasteiger partial charge in [-0.3, -0.25) is 0 Å². The summed E-state index contributed by atoms with van der Waals surface area (Å²) in [5, 5.41) is 6.07. The number of aromatic nitrogens is 3. The van der Waals surface area contributed by atoms with E-state index in [1.54, 1.807) is 0 Å². The van der Waals surface area contributed by atoms with E-state index < -0.39 is 0 Å². The van der Waals surface area contributed by atoms with E-state index in [0.717, 1.165) is 13.0 Å². The number of hydrogen-bond donors (Lipinski definition) is 2. The zero-order chi connectivity index (χ0) is 12.7. The third-order valence-electron chi connectivity index (χ3n) is 1.91. The second-order valence-electron chi connectivity index (χ2n) is 3.66. The van der Waals surface area contributed by atoms with Gasteiger partial charge >= 0.3 is 0 Å². The van der Waals surface area contributed by atoms with Crippen molar-refractivity contribution in [3.8, 4) is 12.3 Å². The molecule has 0 aromatic carbocycles. The summed E-state index contributed by atoms with van der Waals surface area (Å²) in [6.45, 7) is 3.30. The first-order valence-corrected chi connectivity index (χ1v) is 5.52. The largest absolute Gasteiger partial charge is 0.354 e. The fourth-order valence-electron chi connectivity index (χ4n) is 1.09. The zero-order valence-corrected chi connectivity index (χ0v) is 10.5. The Kier molecular flexibility index (Phi) is 5.01. The fourth-order valence-corrected chi connectivity index (χ4v) is 1.09. The highest BCUT2D eigenvalue weighted by molar-refractivity contribution is 5.43. The van der Waals surface area contributed by atoms with Gasteiger partial charge in [0.15, 0.2) is 0 Å². The molecule has 0 amide bonds. The molecule has 1 rings (SSSR count). The van der Waals surface area contributed by atoms with E-state index in [1.165, 1.54) is 0 Å². The van der Waals surface area contributed by atoms with Crippen molar-refractivity contribution < 1.29 is 0 Å². The van der Waals surface area contributed by atoms with Crippen molar-refractivity contribution in [2.75, 3.05) is 42.7 Å². The summed E-state index contributed by atoms with van der Waals surface area (Å²) in [6.07, 6.45) is 6.19. The third-order valence-corrected chi connectivity index (χ3v) is 1.91. The number of nitrogens with one attached hydrogen (secondary N) is 2. The highest BCUT2D eigenvalue weighted by atomic mass is 15.3. The second kappa shape index (κ2) is 6.53. The molecular weight excluding hydrogens is 216 g/mol. The van der Waals surface area contributed by atoms with Gasteiger partial charge in [-0.2, -0.15) is 15.0 Å². The standard InChI is InChI=1S/C11H18N6/c1-5-7-12-9-14-10(13-8-6-2)16-11(15-9)17(3)4/h1H,6-8H2,2-4H3,(H2,12,13,14,15,16). The minimum atomic E-state index is 0.393. The van der Waals surface area contributed by atoms with E-state index in [4.69, 9.17) is 6.42 Å². The predicted octanol–water partition coefficient (Wildman–Crippen LogP) is 0.805. The first-order chi connectivity index (χ1) is 8.17. The molecule has 0 saturated carbocycles. The Morgan fingerprint density at radius 2 is 1.82 bits per heavy atom. The van der Waals surface area contributed by atoms with Crippen LogP contribution in [0, 0.1) is 12.3 Å². The molecule has 0 aliphatic carbocycles. The number of nitrogens with zero attached hydrogens (tertiary/aromatic N) is 4. The van der Waals surface area contributed by atoms with Crippen LogP contribution in [0.2, 0.25) is 0 Å². The summed E-state index contributed by atoms with van der Waals surface area (Å²) >= 11 is 0. The summed E-state index contributed by atoms with van der Waals surface area (Å²) < 4.78 is 0. The third kappa shape index (κ3) is 4.15. The SMILES string of the molecule is C#CCNc1nc(NCCC)nc(N(C)C)n1. The van der Waals surface area contributed by atoms with Crippen LogP contribution in [0.25, 0.3) is 0 Å². The molecule has 92 valence electrons. The van der Waals surface area contributed by atoms with Crippen molar-refractivity contribution >= 4 is 17.8 Å². The van der Waals surface area contributed by atoms with E-state index in [9.17, 15) is 0 Å². The van der Waals surface area contributed by atoms with E-state index in [-0.39, 0.29) is 0 Å². The van der Waals surface area contributed by atoms with Gasteiger partial charge in [-0.05, 0) is 6.42 Å². The molecule has 0 saturated heterocycles. The van der Waals surface area contributed by atoms with Gasteiger partial charge in [0.05, 0.1) is 6.54 Å². The lowest BCUT2D eigenvalue weighted by Gasteiger charge is -2.13. The van der Waals surface area contributed by atoms with Crippen molar-refractivity contribution in [1.29, 1.82) is 0 Å². The van der Waals surface area contributed by atoms with Gasteiger partial charge in [-0.1, -0.05) is 12.8 Å². The number of hydrogen-bond acceptors (Lipinski definition) is 6. The summed E-state index contributed by atoms with van der Waals surface area (Å²) in [4.78, 5) is 14.6. The Hall–Kier alpha value is -2.03. The van der Waals surface area contributed by atoms with E-state index in [0.29, 0.717) is 24.4 Å². The maximum Gasteiger partial charge on any atom is 0.231 e. The molecule has 0 radical (unpaired) electrons. The second-order valence-corrected chi connectivity index (χ2v) is 3.66. The molecule has 1 aromatic heterocycles. The molecule has 1 aromatic rings. The number of rotatable bonds is 6. The van der Waals surface area contributed by atoms with Gasteiger partial charge in [-0.25, -0.2) is 0 Å². The lowest BCUT2D eigenvalue weighted by Crippen LogP contribution is -2.17. The molecule has 0 spiro atoms. The molecule has 0 fully saturated rings. The van der Waals surface area contributed by atoms with Crippen LogP contribution < -0.4 is 15.5 Å². The zero-order valence-electron chi connectivity index (χ0n) is 10.5. The maximum absolute atomic E-state index is 5.18. The smallest absolute Gasteiger partial charge is 0.231 e. The van der Waals surface area contributed by atoms with Gasteiger partial charge in [0.25, 0.3) is 0 Å². The Balaban J connectivity index is 2.89. The van der Waals surface area contributed by atoms with Crippen LogP contribution in [-0.4, -0.2) is 42.1 Å². The van der Waals surface area contributed by atoms with Crippen molar-refractivity contribution in [3.05, 3.63) is 0 Å².